The highest BCUT2D eigenvalue weighted by atomic mass is 16.5. The van der Waals surface area contributed by atoms with E-state index in [1.165, 1.54) is 0 Å². The lowest BCUT2D eigenvalue weighted by molar-refractivity contribution is 0.282. The highest BCUT2D eigenvalue weighted by molar-refractivity contribution is 5.82. The first kappa shape index (κ1) is 13.4. The maximum atomic E-state index is 9.49. The molecule has 0 amide bonds. The van der Waals surface area contributed by atoms with Gasteiger partial charge in [0.15, 0.2) is 0 Å². The molecule has 1 N–H and O–H groups in total. The molecule has 1 heterocycles. The van der Waals surface area contributed by atoms with Gasteiger partial charge in [-0.15, -0.1) is 0 Å². The minimum atomic E-state index is -0.0536. The van der Waals surface area contributed by atoms with Crippen molar-refractivity contribution in [2.24, 2.45) is 0 Å². The average Bonchev–Trinajstić information content (AvgIpc) is 2.55. The van der Waals surface area contributed by atoms with Gasteiger partial charge < -0.3 is 14.6 Å². The number of nitrogens with zero attached hydrogens (tertiary/aromatic N) is 1. The fraction of sp³-hybridized carbons (Fsp3) is 0.118. The Morgan fingerprint density at radius 1 is 1.00 bits per heavy atom. The van der Waals surface area contributed by atoms with Crippen molar-refractivity contribution in [3.63, 3.8) is 0 Å². The Hall–Kier alpha value is -2.59. The number of para-hydroxylation sites is 1. The van der Waals surface area contributed by atoms with Crippen LogP contribution in [0.1, 0.15) is 5.56 Å². The molecule has 0 saturated carbocycles. The number of hydrogen-bond acceptors (Lipinski definition) is 4. The standard InChI is InChI=1S/C17H15NO3/c1-20-13-6-8-14(9-7-13)21-17-10-12(11-19)15-4-2-3-5-16(15)18-17/h2-10,19H,11H2,1H3. The minimum Gasteiger partial charge on any atom is -0.497 e. The van der Waals surface area contributed by atoms with E-state index in [9.17, 15) is 5.11 Å². The zero-order chi connectivity index (χ0) is 14.7. The number of hydrogen-bond donors (Lipinski definition) is 1. The van der Waals surface area contributed by atoms with Crippen molar-refractivity contribution >= 4 is 10.9 Å². The van der Waals surface area contributed by atoms with Gasteiger partial charge >= 0.3 is 0 Å². The van der Waals surface area contributed by atoms with E-state index in [-0.39, 0.29) is 6.61 Å². The SMILES string of the molecule is COc1ccc(Oc2cc(CO)c3ccccc3n2)cc1. The van der Waals surface area contributed by atoms with E-state index in [4.69, 9.17) is 9.47 Å². The van der Waals surface area contributed by atoms with Gasteiger partial charge in [0.2, 0.25) is 5.88 Å². The van der Waals surface area contributed by atoms with Crippen LogP contribution in [0.2, 0.25) is 0 Å². The molecule has 0 fully saturated rings. The lowest BCUT2D eigenvalue weighted by Gasteiger charge is -2.09. The second kappa shape index (κ2) is 5.81. The van der Waals surface area contributed by atoms with Gasteiger partial charge in [-0.1, -0.05) is 18.2 Å². The molecule has 21 heavy (non-hydrogen) atoms. The zero-order valence-corrected chi connectivity index (χ0v) is 11.6. The molecule has 4 nitrogen and oxygen atoms in total. The fourth-order valence-electron chi connectivity index (χ4n) is 2.17. The second-order valence-electron chi connectivity index (χ2n) is 4.57. The van der Waals surface area contributed by atoms with Crippen LogP contribution in [0, 0.1) is 0 Å². The first-order chi connectivity index (χ1) is 10.3. The van der Waals surface area contributed by atoms with E-state index in [0.717, 1.165) is 22.2 Å². The van der Waals surface area contributed by atoms with Crippen LogP contribution in [0.5, 0.6) is 17.4 Å². The maximum Gasteiger partial charge on any atom is 0.220 e. The summed E-state index contributed by atoms with van der Waals surface area (Å²) in [5.41, 5.74) is 1.59. The van der Waals surface area contributed by atoms with Gasteiger partial charge in [0.25, 0.3) is 0 Å². The Bertz CT molecular complexity index is 754. The van der Waals surface area contributed by atoms with E-state index in [1.54, 1.807) is 13.2 Å². The Morgan fingerprint density at radius 3 is 2.43 bits per heavy atom. The van der Waals surface area contributed by atoms with Gasteiger partial charge in [-0.05, 0) is 35.9 Å². The zero-order valence-electron chi connectivity index (χ0n) is 11.6. The van der Waals surface area contributed by atoms with Crippen molar-refractivity contribution in [1.29, 1.82) is 0 Å². The lowest BCUT2D eigenvalue weighted by atomic mass is 10.1. The van der Waals surface area contributed by atoms with E-state index in [2.05, 4.69) is 4.98 Å². The Morgan fingerprint density at radius 2 is 1.71 bits per heavy atom. The molecule has 0 bridgehead atoms. The number of aliphatic hydroxyl groups is 1. The summed E-state index contributed by atoms with van der Waals surface area (Å²) >= 11 is 0. The predicted octanol–water partition coefficient (Wildman–Crippen LogP) is 3.53. The molecule has 0 saturated heterocycles. The van der Waals surface area contributed by atoms with E-state index in [1.807, 2.05) is 48.5 Å². The number of benzene rings is 2. The number of aromatic nitrogens is 1. The van der Waals surface area contributed by atoms with Crippen LogP contribution in [-0.2, 0) is 6.61 Å². The molecule has 0 atom stereocenters. The molecular weight excluding hydrogens is 266 g/mol. The maximum absolute atomic E-state index is 9.49. The molecule has 3 aromatic rings. The molecule has 0 unspecified atom stereocenters. The molecule has 106 valence electrons. The van der Waals surface area contributed by atoms with E-state index >= 15 is 0 Å². The first-order valence-corrected chi connectivity index (χ1v) is 6.61. The molecule has 0 aliphatic rings. The highest BCUT2D eigenvalue weighted by Gasteiger charge is 2.06. The summed E-state index contributed by atoms with van der Waals surface area (Å²) in [6.07, 6.45) is 0. The smallest absolute Gasteiger partial charge is 0.220 e. The summed E-state index contributed by atoms with van der Waals surface area (Å²) in [5.74, 6) is 1.90. The van der Waals surface area contributed by atoms with E-state index in [0.29, 0.717) is 11.6 Å². The lowest BCUT2D eigenvalue weighted by Crippen LogP contribution is -1.94. The monoisotopic (exact) mass is 281 g/mol. The number of ether oxygens (including phenoxy) is 2. The van der Waals surface area contributed by atoms with Crippen molar-refractivity contribution in [2.75, 3.05) is 7.11 Å². The van der Waals surface area contributed by atoms with Crippen molar-refractivity contribution in [3.05, 3.63) is 60.2 Å². The van der Waals surface area contributed by atoms with Crippen molar-refractivity contribution in [1.82, 2.24) is 4.98 Å². The molecule has 0 aliphatic heterocycles. The van der Waals surface area contributed by atoms with Gasteiger partial charge in [-0.2, -0.15) is 0 Å². The molecular formula is C17H15NO3. The van der Waals surface area contributed by atoms with Crippen LogP contribution in [0.4, 0.5) is 0 Å². The van der Waals surface area contributed by atoms with Crippen LogP contribution in [0.25, 0.3) is 10.9 Å². The molecule has 0 radical (unpaired) electrons. The Kier molecular flexibility index (Phi) is 3.71. The van der Waals surface area contributed by atoms with Crippen molar-refractivity contribution in [2.45, 2.75) is 6.61 Å². The van der Waals surface area contributed by atoms with E-state index < -0.39 is 0 Å². The molecule has 0 aliphatic carbocycles. The third-order valence-corrected chi connectivity index (χ3v) is 3.23. The third-order valence-electron chi connectivity index (χ3n) is 3.23. The second-order valence-corrected chi connectivity index (χ2v) is 4.57. The molecule has 4 heteroatoms. The normalized spacial score (nSPS) is 10.6. The summed E-state index contributed by atoms with van der Waals surface area (Å²) in [7, 11) is 1.62. The van der Waals surface area contributed by atoms with Crippen LogP contribution in [0.3, 0.4) is 0 Å². The molecule has 1 aromatic heterocycles. The Balaban J connectivity index is 1.96. The number of fused-ring (bicyclic) bond motifs is 1. The van der Waals surface area contributed by atoms with Crippen LogP contribution < -0.4 is 9.47 Å². The summed E-state index contributed by atoms with van der Waals surface area (Å²) < 4.78 is 10.9. The number of pyridine rings is 1. The molecule has 3 rings (SSSR count). The predicted molar refractivity (Wildman–Crippen MR) is 80.7 cm³/mol. The molecule has 2 aromatic carbocycles. The third kappa shape index (κ3) is 2.80. The average molecular weight is 281 g/mol. The van der Waals surface area contributed by atoms with Crippen LogP contribution >= 0.6 is 0 Å². The van der Waals surface area contributed by atoms with Gasteiger partial charge in [0.1, 0.15) is 11.5 Å². The number of aliphatic hydroxyl groups excluding tert-OH is 1. The highest BCUT2D eigenvalue weighted by Crippen LogP contribution is 2.26. The largest absolute Gasteiger partial charge is 0.497 e. The summed E-state index contributed by atoms with van der Waals surface area (Å²) in [5, 5.41) is 10.4. The van der Waals surface area contributed by atoms with Crippen LogP contribution in [-0.4, -0.2) is 17.2 Å². The van der Waals surface area contributed by atoms with Crippen molar-refractivity contribution < 1.29 is 14.6 Å². The summed E-state index contributed by atoms with van der Waals surface area (Å²) in [4.78, 5) is 4.46. The van der Waals surface area contributed by atoms with Crippen LogP contribution in [0.15, 0.2) is 54.6 Å². The van der Waals surface area contributed by atoms with Gasteiger partial charge in [0, 0.05) is 11.5 Å². The molecule has 0 spiro atoms. The summed E-state index contributed by atoms with van der Waals surface area (Å²) in [6.45, 7) is -0.0536. The van der Waals surface area contributed by atoms with Gasteiger partial charge in [-0.25, -0.2) is 4.98 Å². The number of rotatable bonds is 4. The quantitative estimate of drug-likeness (QED) is 0.795. The minimum absolute atomic E-state index is 0.0536. The van der Waals surface area contributed by atoms with Gasteiger partial charge in [0.05, 0.1) is 19.2 Å². The summed E-state index contributed by atoms with van der Waals surface area (Å²) in [6, 6.07) is 16.7. The Labute approximate surface area is 122 Å². The topological polar surface area (TPSA) is 51.6 Å². The van der Waals surface area contributed by atoms with Crippen molar-refractivity contribution in [3.8, 4) is 17.4 Å². The first-order valence-electron chi connectivity index (χ1n) is 6.61. The number of methoxy groups -OCH3 is 1. The fourth-order valence-corrected chi connectivity index (χ4v) is 2.17. The van der Waals surface area contributed by atoms with Gasteiger partial charge in [-0.3, -0.25) is 0 Å².